The molecule has 1 saturated carbocycles. The van der Waals surface area contributed by atoms with Crippen molar-refractivity contribution in [1.29, 1.82) is 0 Å². The van der Waals surface area contributed by atoms with Crippen LogP contribution in [0.5, 0.6) is 0 Å². The van der Waals surface area contributed by atoms with E-state index in [1.807, 2.05) is 6.07 Å². The first-order valence-corrected chi connectivity index (χ1v) is 21.5. The third kappa shape index (κ3) is 8.62. The predicted octanol–water partition coefficient (Wildman–Crippen LogP) is 7.12. The standard InChI is InChI=1S/C43H51F4N5O5S/c1-3-40(53)48-39-24-35(15-16-37(39)43(45,46)47)58(55,56)34-13-11-33(12-14-34)52-26-29(27-52)25-50-21-17-30(18-22-50)42(28-51-19-6-20-51,31-7-4-8-32(44)23-31)36-9-5-10-38(36)49-41(54)57-2/h3-4,7-8,11-16,23-24,29-30,36,38H,1,5-6,9-10,17-22,25-28H2,2H3,(H,48,53)(H,49,54)/t36-,38-,42-/m0/s1. The summed E-state index contributed by atoms with van der Waals surface area (Å²) in [4.78, 5) is 31.0. The molecule has 0 unspecified atom stereocenters. The summed E-state index contributed by atoms with van der Waals surface area (Å²) in [6, 6.07) is 15.7. The van der Waals surface area contributed by atoms with Gasteiger partial charge in [0.15, 0.2) is 0 Å². The van der Waals surface area contributed by atoms with Gasteiger partial charge >= 0.3 is 12.3 Å². The second-order valence-corrected chi connectivity index (χ2v) is 18.2. The number of likely N-dealkylation sites (tertiary alicyclic amines) is 2. The van der Waals surface area contributed by atoms with Crippen molar-refractivity contribution < 1.29 is 40.3 Å². The Hall–Kier alpha value is -4.47. The first kappa shape index (κ1) is 41.7. The van der Waals surface area contributed by atoms with Crippen molar-refractivity contribution in [2.24, 2.45) is 17.8 Å². The summed E-state index contributed by atoms with van der Waals surface area (Å²) in [5.41, 5.74) is -0.298. The number of halogens is 4. The molecule has 3 heterocycles. The molecule has 3 saturated heterocycles. The van der Waals surface area contributed by atoms with Gasteiger partial charge in [-0.2, -0.15) is 13.2 Å². The van der Waals surface area contributed by atoms with E-state index >= 15 is 4.39 Å². The Kier molecular flexibility index (Phi) is 12.2. The number of nitrogens with one attached hydrogen (secondary N) is 2. The number of hydrogen-bond acceptors (Lipinski definition) is 8. The number of amides is 2. The predicted molar refractivity (Wildman–Crippen MR) is 213 cm³/mol. The normalized spacial score (nSPS) is 22.1. The minimum atomic E-state index is -4.81. The number of benzene rings is 3. The van der Waals surface area contributed by atoms with Crippen LogP contribution in [-0.4, -0.2) is 95.7 Å². The molecule has 1 aliphatic carbocycles. The SMILES string of the molecule is C=CC(=O)Nc1cc(S(=O)(=O)c2ccc(N3CC(CN4CCC([C@@](CN5CCC5)(c5cccc(F)c5)[C@H]5CCC[C@@H]5NC(=O)OC)CC4)C3)cc2)ccc1C(F)(F)F. The average Bonchev–Trinajstić information content (AvgIpc) is 3.64. The number of carbonyl (C=O) groups excluding carboxylic acids is 2. The lowest BCUT2D eigenvalue weighted by molar-refractivity contribution is -0.137. The minimum Gasteiger partial charge on any atom is -0.453 e. The first-order chi connectivity index (χ1) is 27.7. The van der Waals surface area contributed by atoms with Crippen molar-refractivity contribution in [3.8, 4) is 0 Å². The molecular weight excluding hydrogens is 775 g/mol. The molecule has 4 fully saturated rings. The van der Waals surface area contributed by atoms with Gasteiger partial charge in [-0.1, -0.05) is 25.1 Å². The van der Waals surface area contributed by atoms with Gasteiger partial charge in [-0.05, 0) is 136 Å². The fourth-order valence-electron chi connectivity index (χ4n) is 9.83. The summed E-state index contributed by atoms with van der Waals surface area (Å²) in [5, 5.41) is 5.22. The van der Waals surface area contributed by atoms with E-state index in [1.165, 1.54) is 25.3 Å². The summed E-state index contributed by atoms with van der Waals surface area (Å²) in [5.74, 6) is -0.290. The third-order valence-corrected chi connectivity index (χ3v) is 14.6. The molecule has 0 spiro atoms. The molecule has 4 aliphatic rings. The van der Waals surface area contributed by atoms with Gasteiger partial charge in [-0.25, -0.2) is 17.6 Å². The number of alkyl halides is 3. The van der Waals surface area contributed by atoms with Crippen LogP contribution < -0.4 is 15.5 Å². The molecule has 3 aromatic rings. The molecule has 7 rings (SSSR count). The topological polar surface area (TPSA) is 111 Å². The second-order valence-electron chi connectivity index (χ2n) is 16.2. The molecule has 2 N–H and O–H groups in total. The maximum absolute atomic E-state index is 15.0. The number of hydrogen-bond donors (Lipinski definition) is 2. The van der Waals surface area contributed by atoms with Gasteiger partial charge in [0, 0.05) is 49.2 Å². The van der Waals surface area contributed by atoms with E-state index < -0.39 is 39.3 Å². The van der Waals surface area contributed by atoms with Crippen molar-refractivity contribution in [2.45, 2.75) is 65.9 Å². The second kappa shape index (κ2) is 17.0. The summed E-state index contributed by atoms with van der Waals surface area (Å²) < 4.78 is 87.8. The highest BCUT2D eigenvalue weighted by Gasteiger charge is 2.53. The molecular formula is C43H51F4N5O5S. The van der Waals surface area contributed by atoms with Crippen LogP contribution >= 0.6 is 0 Å². The van der Waals surface area contributed by atoms with Gasteiger partial charge in [0.25, 0.3) is 0 Å². The van der Waals surface area contributed by atoms with Crippen molar-refractivity contribution in [3.05, 3.63) is 96.3 Å². The molecule has 0 radical (unpaired) electrons. The Morgan fingerprint density at radius 3 is 2.22 bits per heavy atom. The van der Waals surface area contributed by atoms with Crippen LogP contribution in [0.25, 0.3) is 0 Å². The Bertz CT molecular complexity index is 2080. The minimum absolute atomic E-state index is 0.0560. The van der Waals surface area contributed by atoms with E-state index in [9.17, 15) is 31.2 Å². The van der Waals surface area contributed by atoms with Crippen molar-refractivity contribution >= 4 is 33.2 Å². The monoisotopic (exact) mass is 825 g/mol. The molecule has 15 heteroatoms. The summed E-state index contributed by atoms with van der Waals surface area (Å²) in [7, 11) is -2.81. The van der Waals surface area contributed by atoms with Gasteiger partial charge in [0.2, 0.25) is 15.7 Å². The number of methoxy groups -OCH3 is 1. The fraction of sp³-hybridized carbons (Fsp3) is 0.488. The van der Waals surface area contributed by atoms with Gasteiger partial charge in [-0.15, -0.1) is 0 Å². The van der Waals surface area contributed by atoms with Crippen LogP contribution in [0.4, 0.5) is 33.7 Å². The molecule has 3 atom stereocenters. The van der Waals surface area contributed by atoms with Gasteiger partial charge in [0.1, 0.15) is 5.82 Å². The van der Waals surface area contributed by atoms with E-state index in [-0.39, 0.29) is 33.0 Å². The van der Waals surface area contributed by atoms with Crippen LogP contribution in [0.1, 0.15) is 49.7 Å². The van der Waals surface area contributed by atoms with E-state index in [0.29, 0.717) is 17.9 Å². The van der Waals surface area contributed by atoms with E-state index in [1.54, 1.807) is 18.2 Å². The molecule has 312 valence electrons. The van der Waals surface area contributed by atoms with Crippen LogP contribution in [0.3, 0.4) is 0 Å². The summed E-state index contributed by atoms with van der Waals surface area (Å²) in [6.07, 6.45) is 1.44. The van der Waals surface area contributed by atoms with Gasteiger partial charge in [0.05, 0.1) is 28.2 Å². The number of ether oxygens (including phenoxy) is 1. The maximum Gasteiger partial charge on any atom is 0.418 e. The van der Waals surface area contributed by atoms with Gasteiger partial charge < -0.3 is 30.1 Å². The third-order valence-electron chi connectivity index (χ3n) is 12.8. The van der Waals surface area contributed by atoms with Crippen LogP contribution in [0, 0.1) is 23.6 Å². The Morgan fingerprint density at radius 2 is 1.60 bits per heavy atom. The van der Waals surface area contributed by atoms with Crippen molar-refractivity contribution in [2.75, 3.05) is 69.7 Å². The number of piperidine rings is 1. The molecule has 3 aromatic carbocycles. The molecule has 0 aromatic heterocycles. The number of nitrogens with zero attached hydrogens (tertiary/aromatic N) is 3. The summed E-state index contributed by atoms with van der Waals surface area (Å²) in [6.45, 7) is 10.5. The van der Waals surface area contributed by atoms with Crippen molar-refractivity contribution in [3.63, 3.8) is 0 Å². The Balaban J connectivity index is 0.997. The fourth-order valence-corrected chi connectivity index (χ4v) is 11.1. The van der Waals surface area contributed by atoms with Crippen LogP contribution in [0.15, 0.2) is 89.2 Å². The summed E-state index contributed by atoms with van der Waals surface area (Å²) >= 11 is 0. The largest absolute Gasteiger partial charge is 0.453 e. The highest BCUT2D eigenvalue weighted by molar-refractivity contribution is 7.91. The van der Waals surface area contributed by atoms with E-state index in [0.717, 1.165) is 120 Å². The Morgan fingerprint density at radius 1 is 0.897 bits per heavy atom. The smallest absolute Gasteiger partial charge is 0.418 e. The zero-order valence-electron chi connectivity index (χ0n) is 32.6. The molecule has 58 heavy (non-hydrogen) atoms. The van der Waals surface area contributed by atoms with Crippen LogP contribution in [0.2, 0.25) is 0 Å². The number of sulfone groups is 1. The van der Waals surface area contributed by atoms with Crippen LogP contribution in [-0.2, 0) is 31.0 Å². The molecule has 3 aliphatic heterocycles. The number of rotatable bonds is 13. The number of alkyl carbamates (subject to hydrolysis) is 1. The number of carbonyl (C=O) groups is 2. The lowest BCUT2D eigenvalue weighted by atomic mass is 9.57. The highest BCUT2D eigenvalue weighted by Crippen LogP contribution is 2.51. The highest BCUT2D eigenvalue weighted by atomic mass is 32.2. The van der Waals surface area contributed by atoms with Gasteiger partial charge in [-0.3, -0.25) is 4.79 Å². The maximum atomic E-state index is 15.0. The molecule has 2 amide bonds. The molecule has 10 nitrogen and oxygen atoms in total. The zero-order chi connectivity index (χ0) is 41.2. The first-order valence-electron chi connectivity index (χ1n) is 20.0. The van der Waals surface area contributed by atoms with E-state index in [4.69, 9.17) is 4.74 Å². The quantitative estimate of drug-likeness (QED) is 0.139. The lowest BCUT2D eigenvalue weighted by Crippen LogP contribution is -2.60. The number of anilines is 2. The zero-order valence-corrected chi connectivity index (χ0v) is 33.5. The Labute approximate surface area is 337 Å². The lowest BCUT2D eigenvalue weighted by Gasteiger charge is -2.54. The van der Waals surface area contributed by atoms with E-state index in [2.05, 4.69) is 38.0 Å². The van der Waals surface area contributed by atoms with Crippen molar-refractivity contribution in [1.82, 2.24) is 15.1 Å². The average molecular weight is 826 g/mol. The molecule has 0 bridgehead atoms.